The van der Waals surface area contributed by atoms with Gasteiger partial charge in [-0.05, 0) is 46.9 Å². The van der Waals surface area contributed by atoms with Gasteiger partial charge in [-0.25, -0.2) is 0 Å². The molecule has 0 aliphatic heterocycles. The number of nitrogen functional groups attached to an aromatic ring is 1. The lowest BCUT2D eigenvalue weighted by atomic mass is 10.1. The fourth-order valence-corrected chi connectivity index (χ4v) is 2.58. The van der Waals surface area contributed by atoms with Crippen molar-refractivity contribution in [3.8, 4) is 0 Å². The summed E-state index contributed by atoms with van der Waals surface area (Å²) in [5, 5.41) is 7.09. The fraction of sp³-hybridized carbons (Fsp3) is 0.267. The molecule has 0 aliphatic carbocycles. The van der Waals surface area contributed by atoms with E-state index in [1.54, 1.807) is 11.3 Å². The van der Waals surface area contributed by atoms with Crippen LogP contribution in [0.3, 0.4) is 0 Å². The number of thiophene rings is 1. The van der Waals surface area contributed by atoms with Gasteiger partial charge in [-0.3, -0.25) is 4.79 Å². The van der Waals surface area contributed by atoms with E-state index in [4.69, 9.17) is 5.73 Å². The topological polar surface area (TPSA) is 55.1 Å². The van der Waals surface area contributed by atoms with Crippen molar-refractivity contribution in [1.29, 1.82) is 0 Å². The Bertz CT molecular complexity index is 528. The van der Waals surface area contributed by atoms with Gasteiger partial charge in [0.05, 0.1) is 0 Å². The van der Waals surface area contributed by atoms with Crippen molar-refractivity contribution in [2.24, 2.45) is 0 Å². The standard InChI is InChI=1S/C15H18N2OS.ClH/c16-14-4-2-1-3-13(14)5-6-15(18)17-9-7-12-8-10-19-11-12;/h1-4,8,10-11H,5-7,9,16H2,(H,17,18);1H. The third-order valence-corrected chi connectivity index (χ3v) is 3.72. The van der Waals surface area contributed by atoms with E-state index < -0.39 is 0 Å². The number of aryl methyl sites for hydroxylation is 1. The maximum absolute atomic E-state index is 11.7. The molecule has 5 heteroatoms. The molecule has 1 aromatic carbocycles. The highest BCUT2D eigenvalue weighted by Gasteiger charge is 2.04. The van der Waals surface area contributed by atoms with Gasteiger partial charge in [-0.1, -0.05) is 18.2 Å². The molecule has 3 N–H and O–H groups in total. The van der Waals surface area contributed by atoms with Crippen molar-refractivity contribution >= 4 is 35.3 Å². The van der Waals surface area contributed by atoms with Crippen LogP contribution in [-0.2, 0) is 17.6 Å². The van der Waals surface area contributed by atoms with Crippen LogP contribution in [0.5, 0.6) is 0 Å². The number of halogens is 1. The van der Waals surface area contributed by atoms with Gasteiger partial charge in [-0.15, -0.1) is 12.4 Å². The summed E-state index contributed by atoms with van der Waals surface area (Å²) in [6.45, 7) is 0.694. The number of carbonyl (C=O) groups is 1. The summed E-state index contributed by atoms with van der Waals surface area (Å²) in [6, 6.07) is 9.76. The third kappa shape index (κ3) is 5.23. The second kappa shape index (κ2) is 8.61. The average Bonchev–Trinajstić information content (AvgIpc) is 2.91. The highest BCUT2D eigenvalue weighted by Crippen LogP contribution is 2.12. The van der Waals surface area contributed by atoms with Gasteiger partial charge in [0.25, 0.3) is 0 Å². The van der Waals surface area contributed by atoms with Crippen LogP contribution < -0.4 is 11.1 Å². The van der Waals surface area contributed by atoms with Crippen molar-refractivity contribution in [2.75, 3.05) is 12.3 Å². The van der Waals surface area contributed by atoms with Crippen molar-refractivity contribution in [3.63, 3.8) is 0 Å². The Balaban J connectivity index is 0.00000200. The Labute approximate surface area is 129 Å². The van der Waals surface area contributed by atoms with E-state index in [2.05, 4.69) is 22.1 Å². The summed E-state index contributed by atoms with van der Waals surface area (Å²) in [5.41, 5.74) is 8.91. The molecule has 2 rings (SSSR count). The third-order valence-electron chi connectivity index (χ3n) is 2.99. The SMILES string of the molecule is Cl.Nc1ccccc1CCC(=O)NCCc1ccsc1. The number of hydrogen-bond acceptors (Lipinski definition) is 3. The number of nitrogens with one attached hydrogen (secondary N) is 1. The molecule has 1 amide bonds. The van der Waals surface area contributed by atoms with Crippen LogP contribution in [0.25, 0.3) is 0 Å². The van der Waals surface area contributed by atoms with Gasteiger partial charge in [0, 0.05) is 18.7 Å². The average molecular weight is 311 g/mol. The lowest BCUT2D eigenvalue weighted by Crippen LogP contribution is -2.25. The largest absolute Gasteiger partial charge is 0.399 e. The van der Waals surface area contributed by atoms with Gasteiger partial charge >= 0.3 is 0 Å². The molecule has 1 aromatic heterocycles. The Kier molecular flexibility index (Phi) is 7.12. The zero-order valence-corrected chi connectivity index (χ0v) is 12.8. The second-order valence-electron chi connectivity index (χ2n) is 4.43. The van der Waals surface area contributed by atoms with E-state index in [-0.39, 0.29) is 18.3 Å². The number of rotatable bonds is 6. The lowest BCUT2D eigenvalue weighted by molar-refractivity contribution is -0.121. The molecule has 0 radical (unpaired) electrons. The zero-order valence-electron chi connectivity index (χ0n) is 11.2. The van der Waals surface area contributed by atoms with E-state index in [0.29, 0.717) is 19.4 Å². The van der Waals surface area contributed by atoms with Crippen molar-refractivity contribution < 1.29 is 4.79 Å². The highest BCUT2D eigenvalue weighted by atomic mass is 35.5. The molecule has 2 aromatic rings. The molecule has 108 valence electrons. The van der Waals surface area contributed by atoms with Gasteiger partial charge in [0.1, 0.15) is 0 Å². The smallest absolute Gasteiger partial charge is 0.220 e. The molecular formula is C15H19ClN2OS. The van der Waals surface area contributed by atoms with Crippen LogP contribution in [0.2, 0.25) is 0 Å². The molecule has 0 atom stereocenters. The molecule has 0 saturated carbocycles. The first kappa shape index (κ1) is 16.5. The van der Waals surface area contributed by atoms with Gasteiger partial charge in [-0.2, -0.15) is 11.3 Å². The van der Waals surface area contributed by atoms with E-state index in [9.17, 15) is 4.79 Å². The molecule has 20 heavy (non-hydrogen) atoms. The van der Waals surface area contributed by atoms with Crippen LogP contribution in [0.4, 0.5) is 5.69 Å². The molecule has 0 bridgehead atoms. The van der Waals surface area contributed by atoms with Crippen LogP contribution in [0.1, 0.15) is 17.5 Å². The number of anilines is 1. The first-order valence-corrected chi connectivity index (χ1v) is 7.31. The maximum atomic E-state index is 11.7. The van der Waals surface area contributed by atoms with Crippen molar-refractivity contribution in [2.45, 2.75) is 19.3 Å². The summed E-state index contributed by atoms with van der Waals surface area (Å²) in [4.78, 5) is 11.7. The Morgan fingerprint density at radius 1 is 1.20 bits per heavy atom. The summed E-state index contributed by atoms with van der Waals surface area (Å²) in [5.74, 6) is 0.0819. The first-order valence-electron chi connectivity index (χ1n) is 6.37. The Hall–Kier alpha value is -1.52. The fourth-order valence-electron chi connectivity index (χ4n) is 1.88. The molecule has 0 aliphatic rings. The van der Waals surface area contributed by atoms with E-state index in [0.717, 1.165) is 17.7 Å². The summed E-state index contributed by atoms with van der Waals surface area (Å²) in [6.07, 6.45) is 2.07. The highest BCUT2D eigenvalue weighted by molar-refractivity contribution is 7.07. The Morgan fingerprint density at radius 3 is 2.70 bits per heavy atom. The zero-order chi connectivity index (χ0) is 13.5. The number of para-hydroxylation sites is 1. The minimum Gasteiger partial charge on any atom is -0.399 e. The maximum Gasteiger partial charge on any atom is 0.220 e. The monoisotopic (exact) mass is 310 g/mol. The molecule has 0 spiro atoms. The van der Waals surface area contributed by atoms with Gasteiger partial charge in [0.2, 0.25) is 5.91 Å². The minimum atomic E-state index is 0. The minimum absolute atomic E-state index is 0. The normalized spacial score (nSPS) is 9.80. The molecule has 1 heterocycles. The predicted molar refractivity (Wildman–Crippen MR) is 87.5 cm³/mol. The molecule has 3 nitrogen and oxygen atoms in total. The predicted octanol–water partition coefficient (Wildman–Crippen LogP) is 3.04. The molecule has 0 unspecified atom stereocenters. The second-order valence-corrected chi connectivity index (χ2v) is 5.21. The van der Waals surface area contributed by atoms with Gasteiger partial charge < -0.3 is 11.1 Å². The number of carbonyl (C=O) groups excluding carboxylic acids is 1. The molecule has 0 fully saturated rings. The van der Waals surface area contributed by atoms with Crippen LogP contribution >= 0.6 is 23.7 Å². The van der Waals surface area contributed by atoms with E-state index in [1.807, 2.05) is 24.3 Å². The first-order chi connectivity index (χ1) is 9.25. The number of amides is 1. The van der Waals surface area contributed by atoms with Gasteiger partial charge in [0.15, 0.2) is 0 Å². The van der Waals surface area contributed by atoms with E-state index >= 15 is 0 Å². The number of benzene rings is 1. The van der Waals surface area contributed by atoms with Crippen LogP contribution in [0, 0.1) is 0 Å². The number of hydrogen-bond donors (Lipinski definition) is 2. The van der Waals surface area contributed by atoms with Crippen LogP contribution in [-0.4, -0.2) is 12.5 Å². The van der Waals surface area contributed by atoms with Crippen molar-refractivity contribution in [1.82, 2.24) is 5.32 Å². The van der Waals surface area contributed by atoms with E-state index in [1.165, 1.54) is 5.56 Å². The van der Waals surface area contributed by atoms with Crippen LogP contribution in [0.15, 0.2) is 41.1 Å². The lowest BCUT2D eigenvalue weighted by Gasteiger charge is -2.06. The summed E-state index contributed by atoms with van der Waals surface area (Å²) in [7, 11) is 0. The number of nitrogens with two attached hydrogens (primary N) is 1. The molecular weight excluding hydrogens is 292 g/mol. The Morgan fingerprint density at radius 2 is 2.00 bits per heavy atom. The summed E-state index contributed by atoms with van der Waals surface area (Å²) >= 11 is 1.68. The molecule has 0 saturated heterocycles. The van der Waals surface area contributed by atoms with Crippen molar-refractivity contribution in [3.05, 3.63) is 52.2 Å². The summed E-state index contributed by atoms with van der Waals surface area (Å²) < 4.78 is 0. The quantitative estimate of drug-likeness (QED) is 0.806.